The van der Waals surface area contributed by atoms with Gasteiger partial charge in [0.25, 0.3) is 0 Å². The molecule has 52 valence electrons. The van der Waals surface area contributed by atoms with Gasteiger partial charge in [0.2, 0.25) is 0 Å². The van der Waals surface area contributed by atoms with Gasteiger partial charge in [0.1, 0.15) is 0 Å². The summed E-state index contributed by atoms with van der Waals surface area (Å²) in [5.41, 5.74) is 5.61. The summed E-state index contributed by atoms with van der Waals surface area (Å²) in [6, 6.07) is 0.211. The number of nitrogens with two attached hydrogens (primary N) is 1. The molecular formula is C7H13NS. The third-order valence-electron chi connectivity index (χ3n) is 1.07. The van der Waals surface area contributed by atoms with Crippen LogP contribution >= 0.6 is 11.8 Å². The van der Waals surface area contributed by atoms with Gasteiger partial charge in [-0.05, 0) is 18.4 Å². The minimum atomic E-state index is 0.211. The Balaban J connectivity index is 3.08. The standard InChI is InChI=1S/C7H13NS/c1-3-4-7(8)5-6-9-2/h1,7H,4-6,8H2,2H3. The molecule has 0 aromatic heterocycles. The second-order valence-electron chi connectivity index (χ2n) is 1.95. The average molecular weight is 143 g/mol. The number of hydrogen-bond donors (Lipinski definition) is 1. The number of hydrogen-bond acceptors (Lipinski definition) is 2. The zero-order chi connectivity index (χ0) is 7.11. The van der Waals surface area contributed by atoms with Crippen LogP contribution in [0.4, 0.5) is 0 Å². The lowest BCUT2D eigenvalue weighted by atomic mass is 10.2. The van der Waals surface area contributed by atoms with E-state index < -0.39 is 0 Å². The minimum absolute atomic E-state index is 0.211. The largest absolute Gasteiger partial charge is 0.327 e. The Kier molecular flexibility index (Phi) is 5.91. The highest BCUT2D eigenvalue weighted by atomic mass is 32.2. The van der Waals surface area contributed by atoms with Crippen molar-refractivity contribution in [2.45, 2.75) is 18.9 Å². The molecule has 1 unspecified atom stereocenters. The highest BCUT2D eigenvalue weighted by molar-refractivity contribution is 7.98. The van der Waals surface area contributed by atoms with Crippen LogP contribution in [0, 0.1) is 12.3 Å². The van der Waals surface area contributed by atoms with E-state index in [-0.39, 0.29) is 6.04 Å². The predicted molar refractivity (Wildman–Crippen MR) is 44.4 cm³/mol. The van der Waals surface area contributed by atoms with Crippen LogP contribution in [0.1, 0.15) is 12.8 Å². The number of thioether (sulfide) groups is 1. The monoisotopic (exact) mass is 143 g/mol. The molecule has 0 rings (SSSR count). The molecule has 0 fully saturated rings. The van der Waals surface area contributed by atoms with Gasteiger partial charge < -0.3 is 5.73 Å². The summed E-state index contributed by atoms with van der Waals surface area (Å²) in [5, 5.41) is 0. The molecule has 2 heteroatoms. The van der Waals surface area contributed by atoms with Gasteiger partial charge >= 0.3 is 0 Å². The summed E-state index contributed by atoms with van der Waals surface area (Å²) in [7, 11) is 0. The molecule has 9 heavy (non-hydrogen) atoms. The molecule has 0 aromatic carbocycles. The first-order valence-corrected chi connectivity index (χ1v) is 4.38. The van der Waals surface area contributed by atoms with Crippen molar-refractivity contribution in [3.8, 4) is 12.3 Å². The summed E-state index contributed by atoms with van der Waals surface area (Å²) in [6.07, 6.45) is 8.88. The van der Waals surface area contributed by atoms with Gasteiger partial charge in [0.15, 0.2) is 0 Å². The zero-order valence-corrected chi connectivity index (χ0v) is 6.58. The van der Waals surface area contributed by atoms with Crippen molar-refractivity contribution >= 4 is 11.8 Å². The molecule has 0 saturated carbocycles. The SMILES string of the molecule is C#CCC(N)CCSC. The van der Waals surface area contributed by atoms with E-state index in [0.717, 1.165) is 12.2 Å². The first-order valence-electron chi connectivity index (χ1n) is 2.99. The maximum atomic E-state index is 5.61. The molecule has 1 atom stereocenters. The van der Waals surface area contributed by atoms with Crippen LogP contribution in [0.5, 0.6) is 0 Å². The quantitative estimate of drug-likeness (QED) is 0.596. The van der Waals surface area contributed by atoms with Gasteiger partial charge in [-0.3, -0.25) is 0 Å². The summed E-state index contributed by atoms with van der Waals surface area (Å²) in [6.45, 7) is 0. The predicted octanol–water partition coefficient (Wildman–Crippen LogP) is 1.09. The average Bonchev–Trinajstić information content (AvgIpc) is 1.85. The van der Waals surface area contributed by atoms with Crippen LogP contribution in [0.2, 0.25) is 0 Å². The molecule has 2 N–H and O–H groups in total. The van der Waals surface area contributed by atoms with Crippen molar-refractivity contribution in [2.24, 2.45) is 5.73 Å². The Morgan fingerprint density at radius 2 is 2.44 bits per heavy atom. The van der Waals surface area contributed by atoms with Crippen molar-refractivity contribution in [2.75, 3.05) is 12.0 Å². The van der Waals surface area contributed by atoms with Crippen molar-refractivity contribution in [1.29, 1.82) is 0 Å². The van der Waals surface area contributed by atoms with Crippen molar-refractivity contribution < 1.29 is 0 Å². The topological polar surface area (TPSA) is 26.0 Å². The van der Waals surface area contributed by atoms with E-state index >= 15 is 0 Å². The second-order valence-corrected chi connectivity index (χ2v) is 2.94. The van der Waals surface area contributed by atoms with E-state index in [1.54, 1.807) is 0 Å². The van der Waals surface area contributed by atoms with Crippen LogP contribution in [0.15, 0.2) is 0 Å². The van der Waals surface area contributed by atoms with Crippen LogP contribution in [0.3, 0.4) is 0 Å². The lowest BCUT2D eigenvalue weighted by molar-refractivity contribution is 0.675. The second kappa shape index (κ2) is 6.00. The summed E-state index contributed by atoms with van der Waals surface area (Å²) in [5.74, 6) is 3.66. The molecule has 0 radical (unpaired) electrons. The number of rotatable bonds is 4. The van der Waals surface area contributed by atoms with Gasteiger partial charge in [-0.25, -0.2) is 0 Å². The first-order chi connectivity index (χ1) is 4.31. The Bertz CT molecular complexity index is 95.6. The number of terminal acetylenes is 1. The highest BCUT2D eigenvalue weighted by Crippen LogP contribution is 2.00. The Morgan fingerprint density at radius 3 is 2.89 bits per heavy atom. The molecule has 0 aromatic rings. The molecular weight excluding hydrogens is 130 g/mol. The first kappa shape index (κ1) is 8.87. The van der Waals surface area contributed by atoms with E-state index in [2.05, 4.69) is 12.2 Å². The molecule has 0 aliphatic rings. The fourth-order valence-corrected chi connectivity index (χ4v) is 1.06. The molecule has 0 aliphatic carbocycles. The van der Waals surface area contributed by atoms with Gasteiger partial charge in [0.05, 0.1) is 0 Å². The fraction of sp³-hybridized carbons (Fsp3) is 0.714. The Morgan fingerprint density at radius 1 is 1.78 bits per heavy atom. The van der Waals surface area contributed by atoms with E-state index in [4.69, 9.17) is 12.2 Å². The van der Waals surface area contributed by atoms with Crippen LogP contribution < -0.4 is 5.73 Å². The summed E-state index contributed by atoms with van der Waals surface area (Å²) >= 11 is 1.81. The molecule has 0 bridgehead atoms. The highest BCUT2D eigenvalue weighted by Gasteiger charge is 1.97. The zero-order valence-electron chi connectivity index (χ0n) is 5.76. The fourth-order valence-electron chi connectivity index (χ4n) is 0.523. The van der Waals surface area contributed by atoms with Gasteiger partial charge in [0, 0.05) is 12.5 Å². The van der Waals surface area contributed by atoms with Crippen molar-refractivity contribution in [3.05, 3.63) is 0 Å². The van der Waals surface area contributed by atoms with E-state index in [1.165, 1.54) is 0 Å². The minimum Gasteiger partial charge on any atom is -0.327 e. The molecule has 0 amide bonds. The van der Waals surface area contributed by atoms with Gasteiger partial charge in [-0.15, -0.1) is 12.3 Å². The van der Waals surface area contributed by atoms with E-state index in [1.807, 2.05) is 11.8 Å². The molecule has 1 nitrogen and oxygen atoms in total. The van der Waals surface area contributed by atoms with Gasteiger partial charge in [-0.2, -0.15) is 11.8 Å². The van der Waals surface area contributed by atoms with E-state index in [0.29, 0.717) is 6.42 Å². The lowest BCUT2D eigenvalue weighted by Crippen LogP contribution is -2.19. The summed E-state index contributed by atoms with van der Waals surface area (Å²) in [4.78, 5) is 0. The molecule has 0 heterocycles. The van der Waals surface area contributed by atoms with Crippen LogP contribution in [-0.4, -0.2) is 18.1 Å². The normalized spacial score (nSPS) is 12.6. The Labute approximate surface area is 61.4 Å². The lowest BCUT2D eigenvalue weighted by Gasteiger charge is -2.04. The third kappa shape index (κ3) is 5.75. The Hall–Kier alpha value is -0.130. The van der Waals surface area contributed by atoms with Crippen molar-refractivity contribution in [1.82, 2.24) is 0 Å². The molecule has 0 saturated heterocycles. The third-order valence-corrected chi connectivity index (χ3v) is 1.72. The van der Waals surface area contributed by atoms with Crippen LogP contribution in [0.25, 0.3) is 0 Å². The molecule has 0 aliphatic heterocycles. The van der Waals surface area contributed by atoms with E-state index in [9.17, 15) is 0 Å². The van der Waals surface area contributed by atoms with Crippen molar-refractivity contribution in [3.63, 3.8) is 0 Å². The summed E-state index contributed by atoms with van der Waals surface area (Å²) < 4.78 is 0. The van der Waals surface area contributed by atoms with Gasteiger partial charge in [-0.1, -0.05) is 0 Å². The maximum absolute atomic E-state index is 5.61. The maximum Gasteiger partial charge on any atom is 0.0238 e. The molecule has 0 spiro atoms. The smallest absolute Gasteiger partial charge is 0.0238 e. The van der Waals surface area contributed by atoms with Crippen LogP contribution in [-0.2, 0) is 0 Å².